The Morgan fingerprint density at radius 2 is 2.22 bits per heavy atom. The molecule has 0 aliphatic heterocycles. The first kappa shape index (κ1) is 13.9. The molecule has 94 valence electrons. The summed E-state index contributed by atoms with van der Waals surface area (Å²) in [5.41, 5.74) is 0.145. The fourth-order valence-corrected chi connectivity index (χ4v) is 4.26. The van der Waals surface area contributed by atoms with Crippen LogP contribution in [0.4, 0.5) is 0 Å². The van der Waals surface area contributed by atoms with Gasteiger partial charge in [-0.1, -0.05) is 11.6 Å². The highest BCUT2D eigenvalue weighted by Crippen LogP contribution is 2.32. The van der Waals surface area contributed by atoms with Crippen LogP contribution in [0.15, 0.2) is 39.0 Å². The van der Waals surface area contributed by atoms with Crippen molar-refractivity contribution in [2.45, 2.75) is 10.6 Å². The van der Waals surface area contributed by atoms with Crippen LogP contribution >= 0.6 is 50.6 Å². The standard InChI is InChI=1S/C12H8BrClO2S2/c13-9-3-4-17-11(9)6-18-7-1-2-10(14)8(5-7)12(15)16/h1-5H,6H2,(H,15,16). The number of benzene rings is 1. The molecule has 0 saturated carbocycles. The van der Waals surface area contributed by atoms with Crippen LogP contribution < -0.4 is 0 Å². The minimum Gasteiger partial charge on any atom is -0.478 e. The maximum absolute atomic E-state index is 11.0. The van der Waals surface area contributed by atoms with Crippen molar-refractivity contribution in [2.24, 2.45) is 0 Å². The lowest BCUT2D eigenvalue weighted by Crippen LogP contribution is -1.97. The Morgan fingerprint density at radius 1 is 1.44 bits per heavy atom. The summed E-state index contributed by atoms with van der Waals surface area (Å²) in [4.78, 5) is 13.1. The summed E-state index contributed by atoms with van der Waals surface area (Å²) in [6.07, 6.45) is 0. The van der Waals surface area contributed by atoms with Crippen LogP contribution in [0.25, 0.3) is 0 Å². The predicted molar refractivity (Wildman–Crippen MR) is 80.0 cm³/mol. The van der Waals surface area contributed by atoms with Gasteiger partial charge < -0.3 is 5.11 Å². The van der Waals surface area contributed by atoms with Crippen LogP contribution in [0.5, 0.6) is 0 Å². The third-order valence-electron chi connectivity index (χ3n) is 2.23. The van der Waals surface area contributed by atoms with Gasteiger partial charge in [-0.15, -0.1) is 23.1 Å². The van der Waals surface area contributed by atoms with Gasteiger partial charge in [0, 0.05) is 20.0 Å². The summed E-state index contributed by atoms with van der Waals surface area (Å²) in [5.74, 6) is -0.196. The summed E-state index contributed by atoms with van der Waals surface area (Å²) < 4.78 is 1.09. The van der Waals surface area contributed by atoms with Gasteiger partial charge in [-0.05, 0) is 45.6 Å². The lowest BCUT2D eigenvalue weighted by Gasteiger charge is -2.04. The second-order valence-corrected chi connectivity index (χ2v) is 6.74. The van der Waals surface area contributed by atoms with Gasteiger partial charge in [0.2, 0.25) is 0 Å². The molecule has 1 heterocycles. The maximum Gasteiger partial charge on any atom is 0.337 e. The molecule has 0 spiro atoms. The van der Waals surface area contributed by atoms with Gasteiger partial charge in [0.05, 0.1) is 10.6 Å². The first-order valence-corrected chi connectivity index (χ1v) is 7.99. The summed E-state index contributed by atoms with van der Waals surface area (Å²) in [7, 11) is 0. The fraction of sp³-hybridized carbons (Fsp3) is 0.0833. The molecule has 0 aliphatic carbocycles. The van der Waals surface area contributed by atoms with Crippen molar-refractivity contribution in [3.63, 3.8) is 0 Å². The molecule has 0 atom stereocenters. The van der Waals surface area contributed by atoms with E-state index in [-0.39, 0.29) is 10.6 Å². The molecule has 1 aromatic carbocycles. The number of carbonyl (C=O) groups is 1. The number of halogens is 2. The second kappa shape index (κ2) is 6.10. The molecule has 0 aliphatic rings. The molecule has 2 nitrogen and oxygen atoms in total. The summed E-state index contributed by atoms with van der Waals surface area (Å²) in [6, 6.07) is 7.07. The fourth-order valence-electron chi connectivity index (χ4n) is 1.34. The van der Waals surface area contributed by atoms with E-state index in [1.54, 1.807) is 35.2 Å². The SMILES string of the molecule is O=C(O)c1cc(SCc2sccc2Br)ccc1Cl. The van der Waals surface area contributed by atoms with Crippen molar-refractivity contribution >= 4 is 56.6 Å². The zero-order chi connectivity index (χ0) is 13.1. The number of carboxylic acid groups (broad SMARTS) is 1. The summed E-state index contributed by atoms with van der Waals surface area (Å²) in [6.45, 7) is 0. The molecule has 18 heavy (non-hydrogen) atoms. The smallest absolute Gasteiger partial charge is 0.337 e. The van der Waals surface area contributed by atoms with Crippen LogP contribution in [-0.4, -0.2) is 11.1 Å². The molecule has 0 bridgehead atoms. The van der Waals surface area contributed by atoms with E-state index in [4.69, 9.17) is 16.7 Å². The van der Waals surface area contributed by atoms with Crippen LogP contribution in [0.3, 0.4) is 0 Å². The lowest BCUT2D eigenvalue weighted by molar-refractivity contribution is 0.0697. The maximum atomic E-state index is 11.0. The number of aromatic carboxylic acids is 1. The van der Waals surface area contributed by atoms with Crippen LogP contribution in [0, 0.1) is 0 Å². The molecule has 2 rings (SSSR count). The van der Waals surface area contributed by atoms with Gasteiger partial charge in [0.25, 0.3) is 0 Å². The number of rotatable bonds is 4. The minimum absolute atomic E-state index is 0.145. The molecular weight excluding hydrogens is 356 g/mol. The lowest BCUT2D eigenvalue weighted by atomic mass is 10.2. The Kier molecular flexibility index (Phi) is 4.72. The molecule has 6 heteroatoms. The first-order valence-electron chi connectivity index (χ1n) is 4.95. The van der Waals surface area contributed by atoms with E-state index in [0.717, 1.165) is 15.1 Å². The van der Waals surface area contributed by atoms with Gasteiger partial charge in [-0.25, -0.2) is 4.79 Å². The first-order chi connectivity index (χ1) is 8.58. The molecule has 0 radical (unpaired) electrons. The number of carboxylic acids is 1. The molecule has 1 aromatic heterocycles. The van der Waals surface area contributed by atoms with Gasteiger partial charge in [0.15, 0.2) is 0 Å². The number of thioether (sulfide) groups is 1. The van der Waals surface area contributed by atoms with Gasteiger partial charge >= 0.3 is 5.97 Å². The van der Waals surface area contributed by atoms with E-state index >= 15 is 0 Å². The highest BCUT2D eigenvalue weighted by molar-refractivity contribution is 9.10. The average Bonchev–Trinajstić information content (AvgIpc) is 2.73. The van der Waals surface area contributed by atoms with E-state index in [2.05, 4.69) is 15.9 Å². The number of thiophene rings is 1. The summed E-state index contributed by atoms with van der Waals surface area (Å²) >= 11 is 12.6. The van der Waals surface area contributed by atoms with Gasteiger partial charge in [0.1, 0.15) is 0 Å². The molecule has 0 fully saturated rings. The Bertz CT molecular complexity index is 583. The number of hydrogen-bond acceptors (Lipinski definition) is 3. The van der Waals surface area contributed by atoms with Crippen molar-refractivity contribution in [2.75, 3.05) is 0 Å². The van der Waals surface area contributed by atoms with E-state index in [1.807, 2.05) is 17.5 Å². The molecule has 0 saturated heterocycles. The normalized spacial score (nSPS) is 10.6. The van der Waals surface area contributed by atoms with Crippen LogP contribution in [-0.2, 0) is 5.75 Å². The molecule has 2 aromatic rings. The Morgan fingerprint density at radius 3 is 2.83 bits per heavy atom. The monoisotopic (exact) mass is 362 g/mol. The van der Waals surface area contributed by atoms with Crippen molar-refractivity contribution in [3.05, 3.63) is 49.6 Å². The van der Waals surface area contributed by atoms with E-state index < -0.39 is 5.97 Å². The predicted octanol–water partition coefficient (Wildman–Crippen LogP) is 5.15. The highest BCUT2D eigenvalue weighted by atomic mass is 79.9. The average molecular weight is 364 g/mol. The second-order valence-electron chi connectivity index (χ2n) is 3.43. The Labute approximate surface area is 126 Å². The summed E-state index contributed by atoms with van der Waals surface area (Å²) in [5, 5.41) is 11.3. The molecular formula is C12H8BrClO2S2. The molecule has 0 unspecified atom stereocenters. The van der Waals surface area contributed by atoms with Crippen molar-refractivity contribution in [3.8, 4) is 0 Å². The van der Waals surface area contributed by atoms with Gasteiger partial charge in [-0.3, -0.25) is 0 Å². The van der Waals surface area contributed by atoms with E-state index in [1.165, 1.54) is 4.88 Å². The zero-order valence-corrected chi connectivity index (χ0v) is 13.0. The molecule has 0 amide bonds. The van der Waals surface area contributed by atoms with E-state index in [9.17, 15) is 4.79 Å². The van der Waals surface area contributed by atoms with Crippen LogP contribution in [0.1, 0.15) is 15.2 Å². The zero-order valence-electron chi connectivity index (χ0n) is 9.02. The third-order valence-corrected chi connectivity index (χ3v) is 5.69. The quantitative estimate of drug-likeness (QED) is 0.763. The third kappa shape index (κ3) is 3.29. The largest absolute Gasteiger partial charge is 0.478 e. The van der Waals surface area contributed by atoms with Crippen molar-refractivity contribution < 1.29 is 9.90 Å². The minimum atomic E-state index is -1.00. The van der Waals surface area contributed by atoms with Gasteiger partial charge in [-0.2, -0.15) is 0 Å². The topological polar surface area (TPSA) is 37.3 Å². The van der Waals surface area contributed by atoms with Crippen molar-refractivity contribution in [1.82, 2.24) is 0 Å². The van der Waals surface area contributed by atoms with E-state index in [0.29, 0.717) is 0 Å². The molecule has 1 N–H and O–H groups in total. The number of hydrogen-bond donors (Lipinski definition) is 1. The van der Waals surface area contributed by atoms with Crippen molar-refractivity contribution in [1.29, 1.82) is 0 Å². The highest BCUT2D eigenvalue weighted by Gasteiger charge is 2.10. The Hall–Kier alpha value is -0.490. The van der Waals surface area contributed by atoms with Crippen LogP contribution in [0.2, 0.25) is 5.02 Å². The Balaban J connectivity index is 2.13.